The van der Waals surface area contributed by atoms with E-state index in [1.54, 1.807) is 6.92 Å². The van der Waals surface area contributed by atoms with Crippen LogP contribution < -0.4 is 10.1 Å². The minimum absolute atomic E-state index is 0.00740. The molecule has 2 aromatic rings. The maximum Gasteiger partial charge on any atom is 0.243 e. The topological polar surface area (TPSA) is 75.7 Å². The van der Waals surface area contributed by atoms with Crippen LogP contribution in [0.3, 0.4) is 0 Å². The van der Waals surface area contributed by atoms with Gasteiger partial charge in [0.2, 0.25) is 15.9 Å². The number of ether oxygens (including phenoxy) is 1. The molecular formula is C19H22BrClN2O4S. The average molecular weight is 490 g/mol. The number of halogens is 2. The summed E-state index contributed by atoms with van der Waals surface area (Å²) in [4.78, 5) is 12.5. The first-order valence-corrected chi connectivity index (χ1v) is 11.2. The molecule has 0 heterocycles. The van der Waals surface area contributed by atoms with Gasteiger partial charge in [0, 0.05) is 11.0 Å². The van der Waals surface area contributed by atoms with Gasteiger partial charge in [0.1, 0.15) is 5.75 Å². The number of amides is 1. The molecule has 0 saturated carbocycles. The second kappa shape index (κ2) is 9.73. The van der Waals surface area contributed by atoms with Crippen molar-refractivity contribution < 1.29 is 17.9 Å². The molecule has 0 unspecified atom stereocenters. The predicted octanol–water partition coefficient (Wildman–Crippen LogP) is 4.00. The van der Waals surface area contributed by atoms with Crippen molar-refractivity contribution in [2.45, 2.75) is 24.8 Å². The lowest BCUT2D eigenvalue weighted by Crippen LogP contribution is -2.41. The van der Waals surface area contributed by atoms with Gasteiger partial charge in [-0.2, -0.15) is 4.31 Å². The Morgan fingerprint density at radius 2 is 2.00 bits per heavy atom. The van der Waals surface area contributed by atoms with Crippen molar-refractivity contribution in [1.29, 1.82) is 0 Å². The molecule has 1 amide bonds. The van der Waals surface area contributed by atoms with Crippen LogP contribution >= 0.6 is 27.5 Å². The quantitative estimate of drug-likeness (QED) is 0.608. The molecule has 0 aliphatic rings. The fraction of sp³-hybridized carbons (Fsp3) is 0.316. The van der Waals surface area contributed by atoms with Crippen LogP contribution in [0, 0.1) is 0 Å². The third-order valence-corrected chi connectivity index (χ3v) is 6.87. The Labute approximate surface area is 179 Å². The molecule has 6 nitrogen and oxygen atoms in total. The van der Waals surface area contributed by atoms with Gasteiger partial charge in [0.25, 0.3) is 0 Å². The number of rotatable bonds is 8. The van der Waals surface area contributed by atoms with Crippen LogP contribution in [0.1, 0.15) is 25.5 Å². The fourth-order valence-electron chi connectivity index (χ4n) is 2.63. The summed E-state index contributed by atoms with van der Waals surface area (Å²) in [5.41, 5.74) is 0.913. The van der Waals surface area contributed by atoms with Crippen molar-refractivity contribution in [3.05, 3.63) is 57.5 Å². The van der Waals surface area contributed by atoms with Gasteiger partial charge < -0.3 is 10.1 Å². The lowest BCUT2D eigenvalue weighted by molar-refractivity contribution is -0.121. The molecular weight excluding hydrogens is 468 g/mol. The second-order valence-corrected chi connectivity index (χ2v) is 9.33. The number of carbonyl (C=O) groups excluding carboxylic acids is 1. The van der Waals surface area contributed by atoms with E-state index in [1.165, 1.54) is 25.3 Å². The van der Waals surface area contributed by atoms with Crippen LogP contribution in [0.2, 0.25) is 5.02 Å². The van der Waals surface area contributed by atoms with Gasteiger partial charge in [-0.25, -0.2) is 8.42 Å². The van der Waals surface area contributed by atoms with E-state index in [0.717, 1.165) is 14.3 Å². The van der Waals surface area contributed by atoms with E-state index in [-0.39, 0.29) is 29.0 Å². The smallest absolute Gasteiger partial charge is 0.243 e. The zero-order chi connectivity index (χ0) is 20.9. The molecule has 0 bridgehead atoms. The summed E-state index contributed by atoms with van der Waals surface area (Å²) < 4.78 is 32.8. The monoisotopic (exact) mass is 488 g/mol. The van der Waals surface area contributed by atoms with Gasteiger partial charge in [0.15, 0.2) is 0 Å². The third kappa shape index (κ3) is 5.47. The molecule has 2 aromatic carbocycles. The molecule has 0 aliphatic carbocycles. The molecule has 9 heteroatoms. The first kappa shape index (κ1) is 22.7. The number of hydrogen-bond acceptors (Lipinski definition) is 4. The van der Waals surface area contributed by atoms with E-state index in [2.05, 4.69) is 21.2 Å². The summed E-state index contributed by atoms with van der Waals surface area (Å²) >= 11 is 9.44. The van der Waals surface area contributed by atoms with Crippen LogP contribution in [0.5, 0.6) is 5.75 Å². The Balaban J connectivity index is 2.13. The number of hydrogen-bond donors (Lipinski definition) is 1. The van der Waals surface area contributed by atoms with Crippen LogP contribution in [0.4, 0.5) is 0 Å². The van der Waals surface area contributed by atoms with Crippen molar-refractivity contribution >= 4 is 43.5 Å². The van der Waals surface area contributed by atoms with Crippen molar-refractivity contribution in [2.75, 3.05) is 20.2 Å². The SMILES string of the molecule is CCN(CC(=O)N[C@@H](C)c1cccc(Br)c1)S(=O)(=O)c1ccc(OC)c(Cl)c1. The minimum atomic E-state index is -3.88. The van der Waals surface area contributed by atoms with Gasteiger partial charge in [-0.15, -0.1) is 0 Å². The first-order valence-electron chi connectivity index (χ1n) is 8.57. The Morgan fingerprint density at radius 3 is 2.57 bits per heavy atom. The highest BCUT2D eigenvalue weighted by Crippen LogP contribution is 2.28. The van der Waals surface area contributed by atoms with E-state index in [0.29, 0.717) is 5.75 Å². The standard InChI is InChI=1S/C19H22BrClN2O4S/c1-4-23(28(25,26)16-8-9-18(27-3)17(21)11-16)12-19(24)22-13(2)14-6-5-7-15(20)10-14/h5-11,13H,4,12H2,1-3H3,(H,22,24)/t13-/m0/s1. The number of methoxy groups -OCH3 is 1. The molecule has 0 saturated heterocycles. The average Bonchev–Trinajstić information content (AvgIpc) is 2.65. The summed E-state index contributed by atoms with van der Waals surface area (Å²) in [6.45, 7) is 3.37. The van der Waals surface area contributed by atoms with Gasteiger partial charge in [-0.05, 0) is 42.8 Å². The molecule has 0 spiro atoms. The molecule has 2 rings (SSSR count). The van der Waals surface area contributed by atoms with Crippen LogP contribution in [-0.2, 0) is 14.8 Å². The second-order valence-electron chi connectivity index (χ2n) is 6.07. The molecule has 0 aliphatic heterocycles. The molecule has 0 fully saturated rings. The highest BCUT2D eigenvalue weighted by atomic mass is 79.9. The normalized spacial score (nSPS) is 12.6. The number of nitrogens with one attached hydrogen (secondary N) is 1. The number of carbonyl (C=O) groups is 1. The number of nitrogens with zero attached hydrogens (tertiary/aromatic N) is 1. The molecule has 152 valence electrons. The largest absolute Gasteiger partial charge is 0.495 e. The van der Waals surface area contributed by atoms with E-state index >= 15 is 0 Å². The Bertz CT molecular complexity index is 953. The van der Waals surface area contributed by atoms with Crippen molar-refractivity contribution in [3.63, 3.8) is 0 Å². The summed E-state index contributed by atoms with van der Waals surface area (Å²) in [7, 11) is -2.43. The van der Waals surface area contributed by atoms with Crippen molar-refractivity contribution in [3.8, 4) is 5.75 Å². The molecule has 0 radical (unpaired) electrons. The van der Waals surface area contributed by atoms with Gasteiger partial charge in [-0.3, -0.25) is 4.79 Å². The highest BCUT2D eigenvalue weighted by Gasteiger charge is 2.26. The Kier molecular flexibility index (Phi) is 7.88. The van der Waals surface area contributed by atoms with Gasteiger partial charge in [-0.1, -0.05) is 46.6 Å². The minimum Gasteiger partial charge on any atom is -0.495 e. The summed E-state index contributed by atoms with van der Waals surface area (Å²) in [6.07, 6.45) is 0. The maximum absolute atomic E-state index is 12.9. The van der Waals surface area contributed by atoms with Crippen molar-refractivity contribution in [2.24, 2.45) is 0 Å². The first-order chi connectivity index (χ1) is 13.2. The maximum atomic E-state index is 12.9. The molecule has 0 aromatic heterocycles. The predicted molar refractivity (Wildman–Crippen MR) is 113 cm³/mol. The molecule has 1 N–H and O–H groups in total. The van der Waals surface area contributed by atoms with E-state index in [1.807, 2.05) is 31.2 Å². The van der Waals surface area contributed by atoms with Gasteiger partial charge in [0.05, 0.1) is 29.6 Å². The summed E-state index contributed by atoms with van der Waals surface area (Å²) in [5, 5.41) is 3.02. The summed E-state index contributed by atoms with van der Waals surface area (Å²) in [5.74, 6) is -0.0123. The summed E-state index contributed by atoms with van der Waals surface area (Å²) in [6, 6.07) is 11.5. The number of benzene rings is 2. The number of sulfonamides is 1. The van der Waals surface area contributed by atoms with Crippen LogP contribution in [0.25, 0.3) is 0 Å². The van der Waals surface area contributed by atoms with Crippen LogP contribution in [-0.4, -0.2) is 38.8 Å². The van der Waals surface area contributed by atoms with E-state index in [4.69, 9.17) is 16.3 Å². The zero-order valence-electron chi connectivity index (χ0n) is 15.8. The highest BCUT2D eigenvalue weighted by molar-refractivity contribution is 9.10. The molecule has 1 atom stereocenters. The van der Waals surface area contributed by atoms with E-state index < -0.39 is 15.9 Å². The zero-order valence-corrected chi connectivity index (χ0v) is 18.9. The number of likely N-dealkylation sites (N-methyl/N-ethyl adjacent to an activating group) is 1. The third-order valence-electron chi connectivity index (χ3n) is 4.16. The Hall–Kier alpha value is -1.61. The van der Waals surface area contributed by atoms with E-state index in [9.17, 15) is 13.2 Å². The van der Waals surface area contributed by atoms with Crippen LogP contribution in [0.15, 0.2) is 51.8 Å². The van der Waals surface area contributed by atoms with Gasteiger partial charge >= 0.3 is 0 Å². The lowest BCUT2D eigenvalue weighted by Gasteiger charge is -2.22. The fourth-order valence-corrected chi connectivity index (χ4v) is 4.80. The Morgan fingerprint density at radius 1 is 1.29 bits per heavy atom. The molecule has 28 heavy (non-hydrogen) atoms. The van der Waals surface area contributed by atoms with Crippen molar-refractivity contribution in [1.82, 2.24) is 9.62 Å². The lowest BCUT2D eigenvalue weighted by atomic mass is 10.1.